The number of hydrogen-bond acceptors (Lipinski definition) is 0. The van der Waals surface area contributed by atoms with Crippen molar-refractivity contribution in [3.05, 3.63) is 93.8 Å². The number of fused-ring (bicyclic) bond motifs is 1. The van der Waals surface area contributed by atoms with E-state index in [2.05, 4.69) is 6.92 Å². The molecule has 0 heterocycles. The fraction of sp³-hybridized carbons (Fsp3) is 0.333. The fourth-order valence-corrected chi connectivity index (χ4v) is 4.61. The normalized spacial score (nSPS) is 15.6. The second-order valence-corrected chi connectivity index (χ2v) is 8.57. The Bertz CT molecular complexity index is 1140. The van der Waals surface area contributed by atoms with Gasteiger partial charge in [-0.25, -0.2) is 22.0 Å². The highest BCUT2D eigenvalue weighted by molar-refractivity contribution is 5.66. The van der Waals surface area contributed by atoms with Crippen molar-refractivity contribution in [1.29, 1.82) is 0 Å². The van der Waals surface area contributed by atoms with E-state index in [9.17, 15) is 22.0 Å². The van der Waals surface area contributed by atoms with Gasteiger partial charge in [-0.1, -0.05) is 38.0 Å². The van der Waals surface area contributed by atoms with Crippen molar-refractivity contribution in [2.45, 2.75) is 57.8 Å². The molecule has 0 saturated carbocycles. The first-order valence-electron chi connectivity index (χ1n) is 11.1. The minimum atomic E-state index is -1.03. The predicted molar refractivity (Wildman–Crippen MR) is 116 cm³/mol. The molecule has 168 valence electrons. The van der Waals surface area contributed by atoms with E-state index in [0.717, 1.165) is 42.5 Å². The Labute approximate surface area is 185 Å². The highest BCUT2D eigenvalue weighted by Gasteiger charge is 2.26. The fourth-order valence-electron chi connectivity index (χ4n) is 4.61. The van der Waals surface area contributed by atoms with Gasteiger partial charge in [-0.2, -0.15) is 0 Å². The zero-order valence-corrected chi connectivity index (χ0v) is 18.0. The summed E-state index contributed by atoms with van der Waals surface area (Å²) in [6, 6.07) is 9.67. The molecule has 0 aromatic heterocycles. The van der Waals surface area contributed by atoms with Gasteiger partial charge < -0.3 is 0 Å². The third-order valence-electron chi connectivity index (χ3n) is 6.43. The molecule has 1 atom stereocenters. The van der Waals surface area contributed by atoms with Crippen LogP contribution in [0.4, 0.5) is 22.0 Å². The zero-order chi connectivity index (χ0) is 22.8. The zero-order valence-electron chi connectivity index (χ0n) is 18.0. The molecule has 0 bridgehead atoms. The van der Waals surface area contributed by atoms with Gasteiger partial charge in [0.05, 0.1) is 0 Å². The van der Waals surface area contributed by atoms with Gasteiger partial charge >= 0.3 is 0 Å². The summed E-state index contributed by atoms with van der Waals surface area (Å²) in [5.74, 6) is -4.38. The van der Waals surface area contributed by atoms with Crippen molar-refractivity contribution in [1.82, 2.24) is 0 Å². The topological polar surface area (TPSA) is 0 Å². The molecule has 0 radical (unpaired) electrons. The van der Waals surface area contributed by atoms with Gasteiger partial charge in [-0.15, -0.1) is 0 Å². The Balaban J connectivity index is 1.58. The molecule has 0 saturated heterocycles. The second kappa shape index (κ2) is 9.43. The summed E-state index contributed by atoms with van der Waals surface area (Å²) in [6.45, 7) is 2.06. The Morgan fingerprint density at radius 2 is 1.59 bits per heavy atom. The molecule has 1 unspecified atom stereocenters. The highest BCUT2D eigenvalue weighted by Crippen LogP contribution is 2.38. The minimum Gasteiger partial charge on any atom is -0.206 e. The lowest BCUT2D eigenvalue weighted by Gasteiger charge is -2.26. The lowest BCUT2D eigenvalue weighted by molar-refractivity contribution is 0.465. The van der Waals surface area contributed by atoms with Crippen molar-refractivity contribution in [2.24, 2.45) is 0 Å². The molecule has 0 fully saturated rings. The van der Waals surface area contributed by atoms with Crippen LogP contribution >= 0.6 is 0 Å². The van der Waals surface area contributed by atoms with Crippen LogP contribution in [0.3, 0.4) is 0 Å². The number of aryl methyl sites for hydroxylation is 2. The predicted octanol–water partition coefficient (Wildman–Crippen LogP) is 8.05. The van der Waals surface area contributed by atoms with Crippen molar-refractivity contribution in [3.8, 4) is 11.1 Å². The standard InChI is InChI=1S/C27H25F5/c1-2-3-4-5-16-8-10-21(27(32)26(16)31)18-7-6-17-13-22(24(29)15-20(17)12-18)19-9-11-23(28)25(30)14-19/h8-11,13-15,18H,2-7,12H2,1H3. The lowest BCUT2D eigenvalue weighted by Crippen LogP contribution is -2.16. The maximum atomic E-state index is 14.9. The quantitative estimate of drug-likeness (QED) is 0.266. The summed E-state index contributed by atoms with van der Waals surface area (Å²) in [4.78, 5) is 0. The molecule has 4 rings (SSSR count). The van der Waals surface area contributed by atoms with Crippen LogP contribution in [-0.4, -0.2) is 0 Å². The summed E-state index contributed by atoms with van der Waals surface area (Å²) in [6.07, 6.45) is 4.89. The van der Waals surface area contributed by atoms with E-state index in [1.54, 1.807) is 18.2 Å². The molecule has 32 heavy (non-hydrogen) atoms. The number of benzene rings is 3. The van der Waals surface area contributed by atoms with Crippen LogP contribution in [0, 0.1) is 29.1 Å². The van der Waals surface area contributed by atoms with Gasteiger partial charge in [0, 0.05) is 5.56 Å². The number of rotatable bonds is 6. The molecular formula is C27H25F5. The van der Waals surface area contributed by atoms with Crippen LogP contribution in [0.15, 0.2) is 42.5 Å². The SMILES string of the molecule is CCCCCc1ccc(C2CCc3cc(-c4ccc(F)c(F)c4)c(F)cc3C2)c(F)c1F. The Kier molecular flexibility index (Phi) is 6.63. The van der Waals surface area contributed by atoms with E-state index in [1.807, 2.05) is 0 Å². The molecule has 0 N–H and O–H groups in total. The first-order valence-corrected chi connectivity index (χ1v) is 11.1. The van der Waals surface area contributed by atoms with Gasteiger partial charge in [0.25, 0.3) is 0 Å². The summed E-state index contributed by atoms with van der Waals surface area (Å²) >= 11 is 0. The third kappa shape index (κ3) is 4.43. The van der Waals surface area contributed by atoms with Crippen molar-refractivity contribution in [2.75, 3.05) is 0 Å². The molecule has 1 aliphatic carbocycles. The largest absolute Gasteiger partial charge is 0.206 e. The number of halogens is 5. The summed E-state index contributed by atoms with van der Waals surface area (Å²) in [5.41, 5.74) is 2.82. The maximum Gasteiger partial charge on any atom is 0.162 e. The first-order chi connectivity index (χ1) is 15.4. The molecule has 5 heteroatoms. The van der Waals surface area contributed by atoms with Crippen molar-refractivity contribution >= 4 is 0 Å². The van der Waals surface area contributed by atoms with E-state index >= 15 is 0 Å². The average Bonchev–Trinajstić information content (AvgIpc) is 2.78. The van der Waals surface area contributed by atoms with E-state index in [0.29, 0.717) is 36.8 Å². The van der Waals surface area contributed by atoms with Crippen LogP contribution in [0.2, 0.25) is 0 Å². The smallest absolute Gasteiger partial charge is 0.162 e. The van der Waals surface area contributed by atoms with Crippen LogP contribution in [0.1, 0.15) is 60.8 Å². The molecule has 0 nitrogen and oxygen atoms in total. The van der Waals surface area contributed by atoms with Gasteiger partial charge in [0.1, 0.15) is 5.82 Å². The van der Waals surface area contributed by atoms with Crippen molar-refractivity contribution in [3.63, 3.8) is 0 Å². The highest BCUT2D eigenvalue weighted by atomic mass is 19.2. The molecule has 0 amide bonds. The van der Waals surface area contributed by atoms with E-state index in [-0.39, 0.29) is 17.0 Å². The molecule has 1 aliphatic rings. The van der Waals surface area contributed by atoms with Gasteiger partial charge in [0.2, 0.25) is 0 Å². The molecule has 3 aromatic carbocycles. The minimum absolute atomic E-state index is 0.203. The summed E-state index contributed by atoms with van der Waals surface area (Å²) in [5, 5.41) is 0. The number of unbranched alkanes of at least 4 members (excludes halogenated alkanes) is 2. The van der Waals surface area contributed by atoms with E-state index in [4.69, 9.17) is 0 Å². The second-order valence-electron chi connectivity index (χ2n) is 8.57. The summed E-state index contributed by atoms with van der Waals surface area (Å²) in [7, 11) is 0. The van der Waals surface area contributed by atoms with Gasteiger partial charge in [-0.05, 0) is 90.1 Å². The molecule has 0 spiro atoms. The molecular weight excluding hydrogens is 419 g/mol. The average molecular weight is 444 g/mol. The maximum absolute atomic E-state index is 14.9. The van der Waals surface area contributed by atoms with Gasteiger partial charge in [0.15, 0.2) is 23.3 Å². The van der Waals surface area contributed by atoms with Crippen LogP contribution in [-0.2, 0) is 19.3 Å². The lowest BCUT2D eigenvalue weighted by atomic mass is 9.78. The van der Waals surface area contributed by atoms with Crippen LogP contribution < -0.4 is 0 Å². The Hall–Kier alpha value is -2.69. The monoisotopic (exact) mass is 444 g/mol. The first kappa shape index (κ1) is 22.5. The van der Waals surface area contributed by atoms with E-state index < -0.39 is 29.1 Å². The molecule has 3 aromatic rings. The molecule has 0 aliphatic heterocycles. The third-order valence-corrected chi connectivity index (χ3v) is 6.43. The van der Waals surface area contributed by atoms with Crippen molar-refractivity contribution < 1.29 is 22.0 Å². The Morgan fingerprint density at radius 3 is 2.34 bits per heavy atom. The van der Waals surface area contributed by atoms with Gasteiger partial charge in [-0.3, -0.25) is 0 Å². The van der Waals surface area contributed by atoms with Crippen LogP contribution in [0.5, 0.6) is 0 Å². The number of hydrogen-bond donors (Lipinski definition) is 0. The van der Waals surface area contributed by atoms with E-state index in [1.165, 1.54) is 12.1 Å². The Morgan fingerprint density at radius 1 is 0.781 bits per heavy atom. The summed E-state index contributed by atoms with van der Waals surface area (Å²) < 4.78 is 71.1. The van der Waals surface area contributed by atoms with Crippen LogP contribution in [0.25, 0.3) is 11.1 Å².